The molecule has 5 heteroatoms. The molecule has 0 saturated carbocycles. The molecule has 0 radical (unpaired) electrons. The summed E-state index contributed by atoms with van der Waals surface area (Å²) in [5.74, 6) is 0.637. The topological polar surface area (TPSA) is 67.0 Å². The quantitative estimate of drug-likeness (QED) is 0.733. The van der Waals surface area contributed by atoms with Gasteiger partial charge in [0.25, 0.3) is 5.91 Å². The van der Waals surface area contributed by atoms with Crippen molar-refractivity contribution >= 4 is 5.91 Å². The van der Waals surface area contributed by atoms with E-state index >= 15 is 0 Å². The van der Waals surface area contributed by atoms with Gasteiger partial charge in [0.15, 0.2) is 0 Å². The SMILES string of the molecule is COc1ccc(-c2[nH]ncc2C(=O)NCCc2ccccc2)cc1. The Bertz CT molecular complexity index is 795. The summed E-state index contributed by atoms with van der Waals surface area (Å²) in [4.78, 5) is 12.4. The molecule has 5 nitrogen and oxygen atoms in total. The molecule has 122 valence electrons. The van der Waals surface area contributed by atoms with Crippen LogP contribution in [-0.4, -0.2) is 29.8 Å². The lowest BCUT2D eigenvalue weighted by atomic mass is 10.1. The molecule has 24 heavy (non-hydrogen) atoms. The van der Waals surface area contributed by atoms with E-state index < -0.39 is 0 Å². The molecular formula is C19H19N3O2. The Morgan fingerprint density at radius 2 is 1.88 bits per heavy atom. The van der Waals surface area contributed by atoms with Crippen molar-refractivity contribution in [3.8, 4) is 17.0 Å². The van der Waals surface area contributed by atoms with Crippen LogP contribution in [0, 0.1) is 0 Å². The molecule has 0 aliphatic rings. The van der Waals surface area contributed by atoms with E-state index in [0.717, 1.165) is 17.7 Å². The number of H-pyrrole nitrogens is 1. The fraction of sp³-hybridized carbons (Fsp3) is 0.158. The van der Waals surface area contributed by atoms with Crippen LogP contribution in [0.1, 0.15) is 15.9 Å². The first kappa shape index (κ1) is 15.8. The number of methoxy groups -OCH3 is 1. The lowest BCUT2D eigenvalue weighted by Crippen LogP contribution is -2.25. The maximum Gasteiger partial charge on any atom is 0.255 e. The van der Waals surface area contributed by atoms with Crippen LogP contribution in [0.2, 0.25) is 0 Å². The van der Waals surface area contributed by atoms with Crippen molar-refractivity contribution < 1.29 is 9.53 Å². The zero-order chi connectivity index (χ0) is 16.8. The molecular weight excluding hydrogens is 302 g/mol. The molecule has 0 atom stereocenters. The van der Waals surface area contributed by atoms with Gasteiger partial charge in [-0.15, -0.1) is 0 Å². The van der Waals surface area contributed by atoms with Crippen molar-refractivity contribution in [1.29, 1.82) is 0 Å². The van der Waals surface area contributed by atoms with Gasteiger partial charge in [0.05, 0.1) is 24.6 Å². The van der Waals surface area contributed by atoms with E-state index in [2.05, 4.69) is 15.5 Å². The summed E-state index contributed by atoms with van der Waals surface area (Å²) in [6.45, 7) is 0.579. The zero-order valence-electron chi connectivity index (χ0n) is 13.5. The number of aromatic amines is 1. The summed E-state index contributed by atoms with van der Waals surface area (Å²) in [7, 11) is 1.62. The molecule has 0 fully saturated rings. The van der Waals surface area contributed by atoms with Crippen molar-refractivity contribution in [2.45, 2.75) is 6.42 Å². The molecule has 3 rings (SSSR count). The fourth-order valence-electron chi connectivity index (χ4n) is 2.50. The van der Waals surface area contributed by atoms with E-state index in [0.29, 0.717) is 17.8 Å². The van der Waals surface area contributed by atoms with Crippen LogP contribution in [0.25, 0.3) is 11.3 Å². The summed E-state index contributed by atoms with van der Waals surface area (Å²) >= 11 is 0. The van der Waals surface area contributed by atoms with Crippen molar-refractivity contribution in [1.82, 2.24) is 15.5 Å². The molecule has 1 heterocycles. The number of amides is 1. The van der Waals surface area contributed by atoms with Gasteiger partial charge in [0.1, 0.15) is 5.75 Å². The lowest BCUT2D eigenvalue weighted by molar-refractivity contribution is 0.0955. The van der Waals surface area contributed by atoms with Crippen molar-refractivity contribution in [3.05, 3.63) is 71.9 Å². The van der Waals surface area contributed by atoms with E-state index in [1.807, 2.05) is 54.6 Å². The number of aromatic nitrogens is 2. The summed E-state index contributed by atoms with van der Waals surface area (Å²) in [5.41, 5.74) is 3.32. The molecule has 0 bridgehead atoms. The van der Waals surface area contributed by atoms with Crippen LogP contribution >= 0.6 is 0 Å². The van der Waals surface area contributed by atoms with Gasteiger partial charge in [-0.25, -0.2) is 0 Å². The van der Waals surface area contributed by atoms with Crippen LogP contribution in [0.3, 0.4) is 0 Å². The Balaban J connectivity index is 1.66. The van der Waals surface area contributed by atoms with Crippen molar-refractivity contribution in [2.24, 2.45) is 0 Å². The molecule has 0 spiro atoms. The Labute approximate surface area is 140 Å². The van der Waals surface area contributed by atoms with Gasteiger partial charge in [-0.05, 0) is 36.2 Å². The third-order valence-electron chi connectivity index (χ3n) is 3.80. The largest absolute Gasteiger partial charge is 0.497 e. The van der Waals surface area contributed by atoms with Crippen molar-refractivity contribution in [3.63, 3.8) is 0 Å². The smallest absolute Gasteiger partial charge is 0.255 e. The van der Waals surface area contributed by atoms with Crippen LogP contribution in [0.4, 0.5) is 0 Å². The standard InChI is InChI=1S/C19H19N3O2/c1-24-16-9-7-15(8-10-16)18-17(13-21-22-18)19(23)20-12-11-14-5-3-2-4-6-14/h2-10,13H,11-12H2,1H3,(H,20,23)(H,21,22). The highest BCUT2D eigenvalue weighted by Gasteiger charge is 2.14. The molecule has 1 amide bonds. The second-order valence-corrected chi connectivity index (χ2v) is 5.38. The highest BCUT2D eigenvalue weighted by molar-refractivity contribution is 5.99. The predicted octanol–water partition coefficient (Wildman–Crippen LogP) is 3.06. The fourth-order valence-corrected chi connectivity index (χ4v) is 2.50. The summed E-state index contributed by atoms with van der Waals surface area (Å²) in [6, 6.07) is 17.6. The normalized spacial score (nSPS) is 10.4. The molecule has 2 N–H and O–H groups in total. The van der Waals surface area contributed by atoms with Gasteiger partial charge < -0.3 is 10.1 Å². The highest BCUT2D eigenvalue weighted by Crippen LogP contribution is 2.23. The second-order valence-electron chi connectivity index (χ2n) is 5.38. The van der Waals surface area contributed by atoms with Crippen molar-refractivity contribution in [2.75, 3.05) is 13.7 Å². The first-order valence-corrected chi connectivity index (χ1v) is 7.78. The van der Waals surface area contributed by atoms with E-state index in [1.54, 1.807) is 13.3 Å². The number of carbonyl (C=O) groups is 1. The number of hydrogen-bond acceptors (Lipinski definition) is 3. The number of nitrogens with one attached hydrogen (secondary N) is 2. The molecule has 0 aliphatic heterocycles. The molecule has 0 aliphatic carbocycles. The first-order valence-electron chi connectivity index (χ1n) is 7.78. The van der Waals surface area contributed by atoms with E-state index in [9.17, 15) is 4.79 Å². The average molecular weight is 321 g/mol. The highest BCUT2D eigenvalue weighted by atomic mass is 16.5. The first-order chi connectivity index (χ1) is 11.8. The number of nitrogens with zero attached hydrogens (tertiary/aromatic N) is 1. The van der Waals surface area contributed by atoms with E-state index in [1.165, 1.54) is 5.56 Å². The number of ether oxygens (including phenoxy) is 1. The predicted molar refractivity (Wildman–Crippen MR) is 93.1 cm³/mol. The Morgan fingerprint density at radius 1 is 1.12 bits per heavy atom. The summed E-state index contributed by atoms with van der Waals surface area (Å²) < 4.78 is 5.15. The maximum atomic E-state index is 12.4. The Hall–Kier alpha value is -3.08. The van der Waals surface area contributed by atoms with Crippen LogP contribution in [0.5, 0.6) is 5.75 Å². The molecule has 2 aromatic carbocycles. The number of hydrogen-bond donors (Lipinski definition) is 2. The van der Waals surface area contributed by atoms with Gasteiger partial charge >= 0.3 is 0 Å². The third kappa shape index (κ3) is 3.63. The van der Waals surface area contributed by atoms with Crippen LogP contribution in [-0.2, 0) is 6.42 Å². The average Bonchev–Trinajstić information content (AvgIpc) is 3.12. The second kappa shape index (κ2) is 7.46. The van der Waals surface area contributed by atoms with E-state index in [4.69, 9.17) is 4.74 Å². The molecule has 3 aromatic rings. The van der Waals surface area contributed by atoms with Gasteiger partial charge in [-0.1, -0.05) is 30.3 Å². The van der Waals surface area contributed by atoms with Gasteiger partial charge in [0, 0.05) is 12.1 Å². The maximum absolute atomic E-state index is 12.4. The van der Waals surface area contributed by atoms with Gasteiger partial charge in [-0.3, -0.25) is 9.89 Å². The minimum atomic E-state index is -0.134. The van der Waals surface area contributed by atoms with Gasteiger partial charge in [-0.2, -0.15) is 5.10 Å². The minimum absolute atomic E-state index is 0.134. The number of carbonyl (C=O) groups excluding carboxylic acids is 1. The summed E-state index contributed by atoms with van der Waals surface area (Å²) in [5, 5.41) is 9.85. The van der Waals surface area contributed by atoms with Crippen LogP contribution < -0.4 is 10.1 Å². The monoisotopic (exact) mass is 321 g/mol. The summed E-state index contributed by atoms with van der Waals surface area (Å²) in [6.07, 6.45) is 2.35. The Morgan fingerprint density at radius 3 is 2.58 bits per heavy atom. The van der Waals surface area contributed by atoms with E-state index in [-0.39, 0.29) is 5.91 Å². The molecule has 1 aromatic heterocycles. The third-order valence-corrected chi connectivity index (χ3v) is 3.80. The molecule has 0 saturated heterocycles. The zero-order valence-corrected chi connectivity index (χ0v) is 13.5. The number of rotatable bonds is 6. The Kier molecular flexibility index (Phi) is 4.91. The van der Waals surface area contributed by atoms with Crippen LogP contribution in [0.15, 0.2) is 60.8 Å². The number of benzene rings is 2. The van der Waals surface area contributed by atoms with Gasteiger partial charge in [0.2, 0.25) is 0 Å². The molecule has 0 unspecified atom stereocenters. The minimum Gasteiger partial charge on any atom is -0.497 e. The lowest BCUT2D eigenvalue weighted by Gasteiger charge is -2.07.